The number of Topliss-reactive ketones (excluding diaryl/α,β-unsaturated/α-hetero) is 3. The number of rotatable bonds is 6. The number of hydrogen-bond acceptors (Lipinski definition) is 12. The molecule has 1 unspecified atom stereocenters. The molecule has 42 heavy (non-hydrogen) atoms. The molecule has 0 fully saturated rings. The van der Waals surface area contributed by atoms with Gasteiger partial charge in [0.25, 0.3) is 0 Å². The van der Waals surface area contributed by atoms with Gasteiger partial charge in [0, 0.05) is 6.92 Å². The number of ether oxygens (including phenoxy) is 2. The number of aliphatic hydroxyl groups excluding tert-OH is 1. The highest BCUT2D eigenvalue weighted by molar-refractivity contribution is 6.40. The number of hydrogen-bond donors (Lipinski definition) is 1. The predicted molar refractivity (Wildman–Crippen MR) is 149 cm³/mol. The van der Waals surface area contributed by atoms with E-state index in [2.05, 4.69) is 10.2 Å². The maximum Gasteiger partial charge on any atom is 0.439 e. The molecule has 0 aromatic heterocycles. The second-order valence-corrected chi connectivity index (χ2v) is 11.6. The third-order valence-electron chi connectivity index (χ3n) is 4.89. The summed E-state index contributed by atoms with van der Waals surface area (Å²) in [6.45, 7) is 14.8. The van der Waals surface area contributed by atoms with Gasteiger partial charge >= 0.3 is 24.2 Å². The van der Waals surface area contributed by atoms with Crippen LogP contribution in [0.15, 0.2) is 10.2 Å². The second kappa shape index (κ2) is 14.1. The lowest BCUT2D eigenvalue weighted by Gasteiger charge is -2.33. The molecule has 1 atom stereocenters. The summed E-state index contributed by atoms with van der Waals surface area (Å²) in [5.41, 5.74) is -1.38. The first-order chi connectivity index (χ1) is 19.0. The van der Waals surface area contributed by atoms with E-state index in [-0.39, 0.29) is 55.0 Å². The van der Waals surface area contributed by atoms with Crippen molar-refractivity contribution in [3.63, 3.8) is 0 Å². The standard InChI is InChI=1S/C13H21N3O5.C13H19N3O5/c2*1-8(17)6-15-7-10(9(2)18)14-16(11(15)19)12(20)21-13(3,4)5/h9,18H,6-7H2,1-5H3;6-7H2,1-5H3. The van der Waals surface area contributed by atoms with Crippen molar-refractivity contribution in [2.24, 2.45) is 10.2 Å². The molecule has 16 heteroatoms. The third-order valence-corrected chi connectivity index (χ3v) is 4.89. The van der Waals surface area contributed by atoms with Gasteiger partial charge < -0.3 is 24.4 Å². The highest BCUT2D eigenvalue weighted by atomic mass is 16.6. The monoisotopic (exact) mass is 596 g/mol. The van der Waals surface area contributed by atoms with Crippen LogP contribution >= 0.6 is 0 Å². The molecule has 0 aromatic carbocycles. The number of aliphatic hydroxyl groups is 1. The van der Waals surface area contributed by atoms with Gasteiger partial charge in [0.05, 0.1) is 38.0 Å². The lowest BCUT2D eigenvalue weighted by molar-refractivity contribution is -0.118. The first kappa shape index (κ1) is 35.8. The average molecular weight is 597 g/mol. The zero-order chi connectivity index (χ0) is 32.7. The molecule has 234 valence electrons. The molecule has 2 aliphatic heterocycles. The van der Waals surface area contributed by atoms with E-state index in [0.29, 0.717) is 10.0 Å². The lowest BCUT2D eigenvalue weighted by Crippen LogP contribution is -2.54. The minimum Gasteiger partial charge on any atom is -0.442 e. The van der Waals surface area contributed by atoms with E-state index in [1.54, 1.807) is 41.5 Å². The van der Waals surface area contributed by atoms with Crippen molar-refractivity contribution >= 4 is 53.0 Å². The summed E-state index contributed by atoms with van der Waals surface area (Å²) in [4.78, 5) is 84.4. The Labute approximate surface area is 244 Å². The largest absolute Gasteiger partial charge is 0.442 e. The summed E-state index contributed by atoms with van der Waals surface area (Å²) in [7, 11) is 0. The highest BCUT2D eigenvalue weighted by Gasteiger charge is 2.38. The van der Waals surface area contributed by atoms with Crippen molar-refractivity contribution in [2.75, 3.05) is 26.2 Å². The molecule has 0 saturated heterocycles. The van der Waals surface area contributed by atoms with Crippen LogP contribution in [-0.4, -0.2) is 121 Å². The van der Waals surface area contributed by atoms with Gasteiger partial charge in [-0.15, -0.1) is 10.0 Å². The van der Waals surface area contributed by atoms with E-state index in [9.17, 15) is 38.7 Å². The molecule has 2 rings (SSSR count). The fourth-order valence-corrected chi connectivity index (χ4v) is 3.21. The van der Waals surface area contributed by atoms with Crippen molar-refractivity contribution in [3.05, 3.63) is 0 Å². The topological polar surface area (TPSA) is 196 Å². The summed E-state index contributed by atoms with van der Waals surface area (Å²) in [5.74, 6) is -0.888. The number of nitrogens with zero attached hydrogens (tertiary/aromatic N) is 6. The Hall–Kier alpha value is -4.21. The fraction of sp³-hybridized carbons (Fsp3) is 0.654. The maximum absolute atomic E-state index is 12.2. The van der Waals surface area contributed by atoms with Crippen molar-refractivity contribution < 1.29 is 48.1 Å². The number of amides is 6. The quantitative estimate of drug-likeness (QED) is 0.474. The van der Waals surface area contributed by atoms with E-state index in [1.165, 1.54) is 27.7 Å². The van der Waals surface area contributed by atoms with Gasteiger partial charge in [0.1, 0.15) is 28.5 Å². The molecular formula is C26H40N6O10. The minimum absolute atomic E-state index is 0.00459. The molecule has 0 spiro atoms. The molecule has 6 amide bonds. The molecule has 0 radical (unpaired) electrons. The van der Waals surface area contributed by atoms with Crippen molar-refractivity contribution in [1.82, 2.24) is 19.8 Å². The zero-order valence-electron chi connectivity index (χ0n) is 25.7. The van der Waals surface area contributed by atoms with E-state index < -0.39 is 41.6 Å². The molecular weight excluding hydrogens is 556 g/mol. The molecule has 2 heterocycles. The van der Waals surface area contributed by atoms with Crippen molar-refractivity contribution in [1.29, 1.82) is 0 Å². The van der Waals surface area contributed by atoms with Gasteiger partial charge in [-0.3, -0.25) is 14.4 Å². The van der Waals surface area contributed by atoms with Crippen molar-refractivity contribution in [2.45, 2.75) is 86.5 Å². The van der Waals surface area contributed by atoms with Crippen LogP contribution in [0.3, 0.4) is 0 Å². The highest BCUT2D eigenvalue weighted by Crippen LogP contribution is 2.17. The Kier molecular flexibility index (Phi) is 12.0. The summed E-state index contributed by atoms with van der Waals surface area (Å²) in [6.07, 6.45) is -2.88. The minimum atomic E-state index is -0.987. The van der Waals surface area contributed by atoms with Crippen molar-refractivity contribution in [3.8, 4) is 0 Å². The number of ketones is 3. The van der Waals surface area contributed by atoms with Gasteiger partial charge in [0.15, 0.2) is 5.78 Å². The Morgan fingerprint density at radius 1 is 0.762 bits per heavy atom. The number of hydrazone groups is 2. The van der Waals surface area contributed by atoms with Gasteiger partial charge in [-0.2, -0.15) is 10.2 Å². The number of carbonyl (C=O) groups excluding carboxylic acids is 7. The molecule has 2 aliphatic rings. The van der Waals surface area contributed by atoms with Crippen LogP contribution in [0, 0.1) is 0 Å². The number of imide groups is 2. The maximum atomic E-state index is 12.2. The molecule has 1 N–H and O–H groups in total. The van der Waals surface area contributed by atoms with Gasteiger partial charge in [-0.25, -0.2) is 19.2 Å². The Bertz CT molecular complexity index is 1180. The van der Waals surface area contributed by atoms with Crippen LogP contribution in [0.25, 0.3) is 0 Å². The van der Waals surface area contributed by atoms with E-state index in [4.69, 9.17) is 9.47 Å². The molecule has 0 bridgehead atoms. The van der Waals surface area contributed by atoms with E-state index >= 15 is 0 Å². The second-order valence-electron chi connectivity index (χ2n) is 11.6. The summed E-state index contributed by atoms with van der Waals surface area (Å²) in [5, 5.41) is 18.2. The van der Waals surface area contributed by atoms with Crippen LogP contribution in [-0.2, 0) is 23.9 Å². The average Bonchev–Trinajstić information content (AvgIpc) is 2.78. The van der Waals surface area contributed by atoms with Crippen LogP contribution in [0.1, 0.15) is 69.2 Å². The van der Waals surface area contributed by atoms with E-state index in [0.717, 1.165) is 9.80 Å². The smallest absolute Gasteiger partial charge is 0.439 e. The lowest BCUT2D eigenvalue weighted by atomic mass is 10.2. The summed E-state index contributed by atoms with van der Waals surface area (Å²) >= 11 is 0. The van der Waals surface area contributed by atoms with Crippen LogP contribution < -0.4 is 0 Å². The third kappa shape index (κ3) is 11.3. The van der Waals surface area contributed by atoms with E-state index in [1.807, 2.05) is 0 Å². The van der Waals surface area contributed by atoms with Crippen LogP contribution in [0.2, 0.25) is 0 Å². The summed E-state index contributed by atoms with van der Waals surface area (Å²) < 4.78 is 10.2. The fourth-order valence-electron chi connectivity index (χ4n) is 3.21. The molecule has 0 aromatic rings. The van der Waals surface area contributed by atoms with Crippen LogP contribution in [0.5, 0.6) is 0 Å². The predicted octanol–water partition coefficient (Wildman–Crippen LogP) is 2.18. The SMILES string of the molecule is CC(=O)CN1CC(C(C)=O)=NN(C(=O)OC(C)(C)C)C1=O.CC(=O)CN1CC(C(C)O)=NN(C(=O)OC(C)(C)C)C1=O. The van der Waals surface area contributed by atoms with Gasteiger partial charge in [-0.05, 0) is 62.3 Å². The number of carbonyl (C=O) groups is 7. The Morgan fingerprint density at radius 3 is 1.48 bits per heavy atom. The molecule has 16 nitrogen and oxygen atoms in total. The Balaban J connectivity index is 0.000000420. The normalized spacial score (nSPS) is 16.5. The number of urea groups is 2. The first-order valence-corrected chi connectivity index (χ1v) is 13.0. The summed E-state index contributed by atoms with van der Waals surface area (Å²) in [6, 6.07) is -1.53. The van der Waals surface area contributed by atoms with Gasteiger partial charge in [0.2, 0.25) is 0 Å². The van der Waals surface area contributed by atoms with Crippen LogP contribution in [0.4, 0.5) is 19.2 Å². The zero-order valence-corrected chi connectivity index (χ0v) is 25.7. The Morgan fingerprint density at radius 2 is 1.14 bits per heavy atom. The molecule has 0 saturated carbocycles. The van der Waals surface area contributed by atoms with Gasteiger partial charge in [-0.1, -0.05) is 0 Å². The molecule has 0 aliphatic carbocycles. The first-order valence-electron chi connectivity index (χ1n) is 13.0.